The van der Waals surface area contributed by atoms with Gasteiger partial charge in [-0.1, -0.05) is 25.4 Å². The van der Waals surface area contributed by atoms with Crippen LogP contribution in [0.4, 0.5) is 11.4 Å². The molecule has 2 N–H and O–H groups in total. The number of anilines is 2. The predicted octanol–water partition coefficient (Wildman–Crippen LogP) is 3.76. The van der Waals surface area contributed by atoms with Crippen molar-refractivity contribution in [1.82, 2.24) is 10.2 Å². The first-order chi connectivity index (χ1) is 14.8. The Morgan fingerprint density at radius 1 is 1.19 bits per heavy atom. The van der Waals surface area contributed by atoms with Gasteiger partial charge in [0, 0.05) is 43.9 Å². The normalized spacial score (nSPS) is 14.2. The molecule has 2 aromatic rings. The smallest absolute Gasteiger partial charge is 0.250 e. The largest absolute Gasteiger partial charge is 0.465 e. The van der Waals surface area contributed by atoms with Gasteiger partial charge in [-0.3, -0.25) is 14.9 Å². The van der Waals surface area contributed by atoms with Crippen LogP contribution in [0.1, 0.15) is 19.6 Å². The Balaban J connectivity index is 1.53. The number of hydrogen-bond donors (Lipinski definition) is 2. The number of thiocarbonyl (C=S) groups is 1. The zero-order valence-corrected chi connectivity index (χ0v) is 19.0. The predicted molar refractivity (Wildman–Crippen MR) is 127 cm³/mol. The van der Waals surface area contributed by atoms with E-state index in [1.165, 1.54) is 12.3 Å². The van der Waals surface area contributed by atoms with E-state index in [1.54, 1.807) is 24.3 Å². The molecule has 0 radical (unpaired) electrons. The summed E-state index contributed by atoms with van der Waals surface area (Å²) >= 11 is 11.7. The number of carbonyl (C=O) groups excluding carboxylic acids is 2. The lowest BCUT2D eigenvalue weighted by Crippen LogP contribution is -2.50. The van der Waals surface area contributed by atoms with Gasteiger partial charge in [-0.25, -0.2) is 0 Å². The molecule has 0 aliphatic carbocycles. The van der Waals surface area contributed by atoms with Gasteiger partial charge in [-0.2, -0.15) is 0 Å². The minimum Gasteiger partial charge on any atom is -0.465 e. The molecule has 3 rings (SSSR count). The second-order valence-electron chi connectivity index (χ2n) is 7.43. The maximum atomic E-state index is 12.2. The lowest BCUT2D eigenvalue weighted by Gasteiger charge is -2.37. The summed E-state index contributed by atoms with van der Waals surface area (Å²) in [7, 11) is 0. The van der Waals surface area contributed by atoms with Crippen molar-refractivity contribution in [3.63, 3.8) is 0 Å². The van der Waals surface area contributed by atoms with Crippen molar-refractivity contribution >= 4 is 58.2 Å². The van der Waals surface area contributed by atoms with Crippen molar-refractivity contribution in [2.24, 2.45) is 5.92 Å². The second kappa shape index (κ2) is 10.5. The van der Waals surface area contributed by atoms with Gasteiger partial charge in [0.1, 0.15) is 5.76 Å². The van der Waals surface area contributed by atoms with Gasteiger partial charge in [-0.05, 0) is 48.6 Å². The van der Waals surface area contributed by atoms with Crippen molar-refractivity contribution in [2.45, 2.75) is 13.8 Å². The fourth-order valence-electron chi connectivity index (χ4n) is 3.23. The van der Waals surface area contributed by atoms with Crippen LogP contribution in [0, 0.1) is 5.92 Å². The molecule has 0 saturated carbocycles. The highest BCUT2D eigenvalue weighted by Crippen LogP contribution is 2.29. The number of carbonyl (C=O) groups is 2. The molecule has 1 aliphatic rings. The van der Waals surface area contributed by atoms with Crippen LogP contribution in [0.2, 0.25) is 5.02 Å². The van der Waals surface area contributed by atoms with Crippen LogP contribution in [0.15, 0.2) is 47.1 Å². The van der Waals surface area contributed by atoms with Crippen LogP contribution < -0.4 is 15.5 Å². The molecule has 164 valence electrons. The van der Waals surface area contributed by atoms with Gasteiger partial charge >= 0.3 is 0 Å². The number of furan rings is 1. The van der Waals surface area contributed by atoms with Crippen molar-refractivity contribution < 1.29 is 14.0 Å². The summed E-state index contributed by atoms with van der Waals surface area (Å²) in [4.78, 5) is 28.2. The Labute approximate surface area is 192 Å². The average molecular weight is 461 g/mol. The summed E-state index contributed by atoms with van der Waals surface area (Å²) in [5, 5.41) is 6.27. The minimum atomic E-state index is -0.370. The number of amides is 2. The molecule has 2 amide bonds. The summed E-state index contributed by atoms with van der Waals surface area (Å²) in [6.45, 7) is 6.63. The van der Waals surface area contributed by atoms with E-state index in [1.807, 2.05) is 30.9 Å². The molecule has 1 saturated heterocycles. The number of rotatable bonds is 5. The molecule has 9 heteroatoms. The zero-order chi connectivity index (χ0) is 22.4. The number of benzene rings is 1. The van der Waals surface area contributed by atoms with E-state index < -0.39 is 0 Å². The summed E-state index contributed by atoms with van der Waals surface area (Å²) in [5.74, 6) is 0.390. The molecule has 1 aliphatic heterocycles. The minimum absolute atomic E-state index is 0.00505. The van der Waals surface area contributed by atoms with Crippen molar-refractivity contribution in [3.8, 4) is 0 Å². The van der Waals surface area contributed by atoms with E-state index in [9.17, 15) is 9.59 Å². The first-order valence-electron chi connectivity index (χ1n) is 10.0. The van der Waals surface area contributed by atoms with Gasteiger partial charge in [0.25, 0.3) is 0 Å². The summed E-state index contributed by atoms with van der Waals surface area (Å²) in [6, 6.07) is 9.00. The van der Waals surface area contributed by atoms with Crippen LogP contribution in [0.5, 0.6) is 0 Å². The van der Waals surface area contributed by atoms with E-state index in [0.29, 0.717) is 29.6 Å². The van der Waals surface area contributed by atoms with E-state index in [0.717, 1.165) is 18.8 Å². The van der Waals surface area contributed by atoms with Gasteiger partial charge in [0.05, 0.1) is 17.0 Å². The van der Waals surface area contributed by atoms with Crippen LogP contribution in [-0.4, -0.2) is 48.0 Å². The van der Waals surface area contributed by atoms with Gasteiger partial charge < -0.3 is 19.5 Å². The number of piperazine rings is 1. The fourth-order valence-corrected chi connectivity index (χ4v) is 3.75. The van der Waals surface area contributed by atoms with Gasteiger partial charge in [0.2, 0.25) is 11.8 Å². The third-order valence-corrected chi connectivity index (χ3v) is 5.32. The SMILES string of the molecule is CC(C)C(=O)N1CCN(c2ccc(NC(=S)NC(=O)/C=C/c3ccco3)cc2Cl)CC1. The monoisotopic (exact) mass is 460 g/mol. The fraction of sp³-hybridized carbons (Fsp3) is 0.318. The van der Waals surface area contributed by atoms with Crippen molar-refractivity contribution in [3.05, 3.63) is 53.5 Å². The van der Waals surface area contributed by atoms with Crippen LogP contribution in [0.25, 0.3) is 6.08 Å². The van der Waals surface area contributed by atoms with Crippen molar-refractivity contribution in [1.29, 1.82) is 0 Å². The molecule has 31 heavy (non-hydrogen) atoms. The molecule has 0 bridgehead atoms. The second-order valence-corrected chi connectivity index (χ2v) is 8.24. The number of hydrogen-bond acceptors (Lipinski definition) is 5. The Kier molecular flexibility index (Phi) is 7.70. The number of halogens is 1. The molecule has 0 spiro atoms. The van der Waals surface area contributed by atoms with Crippen molar-refractivity contribution in [2.75, 3.05) is 36.4 Å². The maximum absolute atomic E-state index is 12.2. The highest BCUT2D eigenvalue weighted by Gasteiger charge is 2.24. The molecule has 1 fully saturated rings. The first-order valence-corrected chi connectivity index (χ1v) is 10.8. The van der Waals surface area contributed by atoms with Crippen LogP contribution >= 0.6 is 23.8 Å². The topological polar surface area (TPSA) is 77.8 Å². The molecule has 0 unspecified atom stereocenters. The van der Waals surface area contributed by atoms with E-state index >= 15 is 0 Å². The lowest BCUT2D eigenvalue weighted by atomic mass is 10.1. The van der Waals surface area contributed by atoms with Crippen LogP contribution in [0.3, 0.4) is 0 Å². The molecule has 1 aromatic heterocycles. The molecular formula is C22H25ClN4O3S. The Morgan fingerprint density at radius 3 is 2.55 bits per heavy atom. The number of nitrogens with one attached hydrogen (secondary N) is 2. The molecular weight excluding hydrogens is 436 g/mol. The zero-order valence-electron chi connectivity index (χ0n) is 17.4. The van der Waals surface area contributed by atoms with Gasteiger partial charge in [0.15, 0.2) is 5.11 Å². The highest BCUT2D eigenvalue weighted by atomic mass is 35.5. The standard InChI is InChI=1S/C22H25ClN4O3S/c1-15(2)21(29)27-11-9-26(10-12-27)19-7-5-16(14-18(19)23)24-22(31)25-20(28)8-6-17-4-3-13-30-17/h3-8,13-15H,9-12H2,1-2H3,(H2,24,25,28,31)/b8-6+. The third kappa shape index (κ3) is 6.32. The van der Waals surface area contributed by atoms with E-state index in [4.69, 9.17) is 28.2 Å². The van der Waals surface area contributed by atoms with E-state index in [2.05, 4.69) is 15.5 Å². The summed E-state index contributed by atoms with van der Waals surface area (Å²) < 4.78 is 5.13. The third-order valence-electron chi connectivity index (χ3n) is 4.81. The Morgan fingerprint density at radius 2 is 1.94 bits per heavy atom. The quantitative estimate of drug-likeness (QED) is 0.522. The van der Waals surface area contributed by atoms with Gasteiger partial charge in [-0.15, -0.1) is 0 Å². The lowest BCUT2D eigenvalue weighted by molar-refractivity contribution is -0.134. The molecule has 7 nitrogen and oxygen atoms in total. The Bertz CT molecular complexity index is 967. The maximum Gasteiger partial charge on any atom is 0.250 e. The summed E-state index contributed by atoms with van der Waals surface area (Å²) in [5.41, 5.74) is 1.57. The summed E-state index contributed by atoms with van der Waals surface area (Å²) in [6.07, 6.45) is 4.42. The number of nitrogens with zero attached hydrogens (tertiary/aromatic N) is 2. The molecule has 0 atom stereocenters. The molecule has 2 heterocycles. The Hall–Kier alpha value is -2.84. The molecule has 1 aromatic carbocycles. The van der Waals surface area contributed by atoms with E-state index in [-0.39, 0.29) is 22.8 Å². The van der Waals surface area contributed by atoms with Crippen LogP contribution in [-0.2, 0) is 9.59 Å². The first kappa shape index (κ1) is 22.8. The average Bonchev–Trinajstić information content (AvgIpc) is 3.25. The highest BCUT2D eigenvalue weighted by molar-refractivity contribution is 7.80.